The molecule has 1 heterocycles. The molecule has 2 nitrogen and oxygen atoms in total. The number of halogens is 1. The summed E-state index contributed by atoms with van der Waals surface area (Å²) in [6, 6.07) is 9.12. The molecule has 2 unspecified atom stereocenters. The molecule has 94 valence electrons. The zero-order valence-corrected chi connectivity index (χ0v) is 12.7. The fourth-order valence-electron chi connectivity index (χ4n) is 2.28. The minimum Gasteiger partial charge on any atom is -0.382 e. The van der Waals surface area contributed by atoms with Crippen molar-refractivity contribution in [1.82, 2.24) is 0 Å². The van der Waals surface area contributed by atoms with Gasteiger partial charge in [0.05, 0.1) is 5.60 Å². The van der Waals surface area contributed by atoms with Gasteiger partial charge in [0.1, 0.15) is 0 Å². The Morgan fingerprint density at radius 3 is 2.76 bits per heavy atom. The second kappa shape index (κ2) is 5.57. The summed E-state index contributed by atoms with van der Waals surface area (Å²) in [5, 5.41) is 3.61. The Kier molecular flexibility index (Phi) is 4.31. The van der Waals surface area contributed by atoms with E-state index in [-0.39, 0.29) is 5.60 Å². The number of ether oxygens (including phenoxy) is 1. The van der Waals surface area contributed by atoms with Crippen LogP contribution in [0.15, 0.2) is 24.3 Å². The van der Waals surface area contributed by atoms with Crippen molar-refractivity contribution in [2.75, 3.05) is 11.9 Å². The Hall–Kier alpha value is -0.290. The molecule has 1 fully saturated rings. The van der Waals surface area contributed by atoms with Crippen LogP contribution in [0.4, 0.5) is 5.69 Å². The standard InChI is InChI=1S/C14H20INO/c1-3-14(2)10-13(8-9-17-14)16-12-6-4-11(15)5-7-12/h4-7,13,16H,3,8-10H2,1-2H3. The average Bonchev–Trinajstić information content (AvgIpc) is 2.32. The highest BCUT2D eigenvalue weighted by atomic mass is 127. The smallest absolute Gasteiger partial charge is 0.0671 e. The summed E-state index contributed by atoms with van der Waals surface area (Å²) in [5.74, 6) is 0. The Bertz CT molecular complexity index is 365. The quantitative estimate of drug-likeness (QED) is 0.835. The summed E-state index contributed by atoms with van der Waals surface area (Å²) >= 11 is 2.33. The monoisotopic (exact) mass is 345 g/mol. The van der Waals surface area contributed by atoms with E-state index in [0.29, 0.717) is 6.04 Å². The van der Waals surface area contributed by atoms with Crippen LogP contribution in [-0.2, 0) is 4.74 Å². The summed E-state index contributed by atoms with van der Waals surface area (Å²) in [6.45, 7) is 5.29. The lowest BCUT2D eigenvalue weighted by atomic mass is 9.90. The van der Waals surface area contributed by atoms with Gasteiger partial charge in [0.2, 0.25) is 0 Å². The number of hydrogen-bond acceptors (Lipinski definition) is 2. The average molecular weight is 345 g/mol. The highest BCUT2D eigenvalue weighted by molar-refractivity contribution is 14.1. The minimum absolute atomic E-state index is 0.0547. The van der Waals surface area contributed by atoms with E-state index in [1.54, 1.807) is 0 Å². The van der Waals surface area contributed by atoms with Gasteiger partial charge in [-0.2, -0.15) is 0 Å². The van der Waals surface area contributed by atoms with Crippen LogP contribution in [-0.4, -0.2) is 18.2 Å². The highest BCUT2D eigenvalue weighted by Gasteiger charge is 2.31. The van der Waals surface area contributed by atoms with Gasteiger partial charge in [-0.1, -0.05) is 6.92 Å². The lowest BCUT2D eigenvalue weighted by molar-refractivity contribution is -0.0708. The molecule has 2 atom stereocenters. The molecule has 1 aliphatic rings. The van der Waals surface area contributed by atoms with Crippen LogP contribution >= 0.6 is 22.6 Å². The largest absolute Gasteiger partial charge is 0.382 e. The van der Waals surface area contributed by atoms with Crippen LogP contribution in [0.2, 0.25) is 0 Å². The topological polar surface area (TPSA) is 21.3 Å². The number of rotatable bonds is 3. The molecule has 0 saturated carbocycles. The van der Waals surface area contributed by atoms with Gasteiger partial charge < -0.3 is 10.1 Å². The van der Waals surface area contributed by atoms with Gasteiger partial charge in [-0.05, 0) is 73.0 Å². The van der Waals surface area contributed by atoms with Crippen molar-refractivity contribution in [3.05, 3.63) is 27.8 Å². The molecule has 3 heteroatoms. The van der Waals surface area contributed by atoms with Gasteiger partial charge in [-0.3, -0.25) is 0 Å². The first-order valence-corrected chi connectivity index (χ1v) is 7.35. The van der Waals surface area contributed by atoms with Crippen LogP contribution in [0.5, 0.6) is 0 Å². The van der Waals surface area contributed by atoms with Crippen molar-refractivity contribution in [3.63, 3.8) is 0 Å². The van der Waals surface area contributed by atoms with E-state index in [9.17, 15) is 0 Å². The maximum Gasteiger partial charge on any atom is 0.0671 e. The second-order valence-corrected chi connectivity index (χ2v) is 6.24. The van der Waals surface area contributed by atoms with E-state index < -0.39 is 0 Å². The van der Waals surface area contributed by atoms with Crippen molar-refractivity contribution >= 4 is 28.3 Å². The van der Waals surface area contributed by atoms with Gasteiger partial charge in [0, 0.05) is 21.9 Å². The van der Waals surface area contributed by atoms with Crippen LogP contribution in [0.1, 0.15) is 33.1 Å². The Morgan fingerprint density at radius 1 is 1.41 bits per heavy atom. The predicted octanol–water partition coefficient (Wildman–Crippen LogP) is 4.05. The van der Waals surface area contributed by atoms with Crippen molar-refractivity contribution in [2.45, 2.75) is 44.8 Å². The third kappa shape index (κ3) is 3.58. The van der Waals surface area contributed by atoms with Crippen molar-refractivity contribution in [2.24, 2.45) is 0 Å². The van der Waals surface area contributed by atoms with E-state index in [4.69, 9.17) is 4.74 Å². The minimum atomic E-state index is 0.0547. The number of nitrogens with one attached hydrogen (secondary N) is 1. The first-order valence-electron chi connectivity index (χ1n) is 6.27. The van der Waals surface area contributed by atoms with E-state index in [0.717, 1.165) is 25.9 Å². The zero-order chi connectivity index (χ0) is 12.3. The molecule has 1 aliphatic heterocycles. The molecular formula is C14H20INO. The second-order valence-electron chi connectivity index (χ2n) is 4.99. The Morgan fingerprint density at radius 2 is 2.12 bits per heavy atom. The van der Waals surface area contributed by atoms with Crippen LogP contribution < -0.4 is 5.32 Å². The number of anilines is 1. The summed E-state index contributed by atoms with van der Waals surface area (Å²) in [6.07, 6.45) is 3.27. The summed E-state index contributed by atoms with van der Waals surface area (Å²) in [4.78, 5) is 0. The van der Waals surface area contributed by atoms with Crippen LogP contribution in [0.25, 0.3) is 0 Å². The first-order chi connectivity index (χ1) is 8.11. The molecule has 1 saturated heterocycles. The molecule has 0 bridgehead atoms. The Labute approximate surface area is 117 Å². The molecule has 0 spiro atoms. The molecule has 0 amide bonds. The molecule has 0 aliphatic carbocycles. The molecule has 1 aromatic rings. The van der Waals surface area contributed by atoms with E-state index in [1.807, 2.05) is 0 Å². The molecule has 1 aromatic carbocycles. The van der Waals surface area contributed by atoms with E-state index >= 15 is 0 Å². The third-order valence-electron chi connectivity index (χ3n) is 3.56. The Balaban J connectivity index is 1.97. The summed E-state index contributed by atoms with van der Waals surface area (Å²) in [7, 11) is 0. The first kappa shape index (κ1) is 13.1. The van der Waals surface area contributed by atoms with E-state index in [2.05, 4.69) is 66.0 Å². The van der Waals surface area contributed by atoms with Crippen molar-refractivity contribution in [1.29, 1.82) is 0 Å². The zero-order valence-electron chi connectivity index (χ0n) is 10.5. The molecular weight excluding hydrogens is 325 g/mol. The van der Waals surface area contributed by atoms with Gasteiger partial charge in [0.15, 0.2) is 0 Å². The third-order valence-corrected chi connectivity index (χ3v) is 4.28. The van der Waals surface area contributed by atoms with Crippen molar-refractivity contribution in [3.8, 4) is 0 Å². The highest BCUT2D eigenvalue weighted by Crippen LogP contribution is 2.29. The maximum atomic E-state index is 5.86. The summed E-state index contributed by atoms with van der Waals surface area (Å²) < 4.78 is 7.14. The van der Waals surface area contributed by atoms with Crippen molar-refractivity contribution < 1.29 is 4.74 Å². The van der Waals surface area contributed by atoms with Gasteiger partial charge in [0.25, 0.3) is 0 Å². The fourth-order valence-corrected chi connectivity index (χ4v) is 2.64. The molecule has 1 N–H and O–H groups in total. The predicted molar refractivity (Wildman–Crippen MR) is 80.5 cm³/mol. The molecule has 17 heavy (non-hydrogen) atoms. The maximum absolute atomic E-state index is 5.86. The lowest BCUT2D eigenvalue weighted by Crippen LogP contribution is -2.41. The van der Waals surface area contributed by atoms with Gasteiger partial charge in [-0.15, -0.1) is 0 Å². The van der Waals surface area contributed by atoms with Crippen LogP contribution in [0, 0.1) is 3.57 Å². The normalized spacial score (nSPS) is 29.0. The fraction of sp³-hybridized carbons (Fsp3) is 0.571. The lowest BCUT2D eigenvalue weighted by Gasteiger charge is -2.38. The van der Waals surface area contributed by atoms with Gasteiger partial charge >= 0.3 is 0 Å². The number of hydrogen-bond donors (Lipinski definition) is 1. The van der Waals surface area contributed by atoms with E-state index in [1.165, 1.54) is 9.26 Å². The molecule has 2 rings (SSSR count). The molecule has 0 aromatic heterocycles. The van der Waals surface area contributed by atoms with Gasteiger partial charge in [-0.25, -0.2) is 0 Å². The van der Waals surface area contributed by atoms with Crippen LogP contribution in [0.3, 0.4) is 0 Å². The number of benzene rings is 1. The SMILES string of the molecule is CCC1(C)CC(Nc2ccc(I)cc2)CCO1. The molecule has 0 radical (unpaired) electrons. The summed E-state index contributed by atoms with van der Waals surface area (Å²) in [5.41, 5.74) is 1.27.